The molecular formula is C11H19ClN4S. The maximum atomic E-state index is 4.53. The second-order valence-electron chi connectivity index (χ2n) is 3.98. The summed E-state index contributed by atoms with van der Waals surface area (Å²) in [6.07, 6.45) is 6.33. The van der Waals surface area contributed by atoms with E-state index in [-0.39, 0.29) is 12.4 Å². The van der Waals surface area contributed by atoms with Gasteiger partial charge < -0.3 is 10.2 Å². The minimum Gasteiger partial charge on any atom is -0.355 e. The van der Waals surface area contributed by atoms with Gasteiger partial charge in [0.25, 0.3) is 0 Å². The summed E-state index contributed by atoms with van der Waals surface area (Å²) in [5.41, 5.74) is 0. The Morgan fingerprint density at radius 1 is 1.53 bits per heavy atom. The molecule has 1 fully saturated rings. The van der Waals surface area contributed by atoms with Crippen molar-refractivity contribution in [1.82, 2.24) is 15.3 Å². The molecule has 1 atom stereocenters. The number of nitrogens with one attached hydrogen (secondary N) is 1. The fourth-order valence-electron chi connectivity index (χ4n) is 2.03. The molecule has 1 aliphatic rings. The lowest BCUT2D eigenvalue weighted by atomic mass is 10.1. The Balaban J connectivity index is 0.00000144. The lowest BCUT2D eigenvalue weighted by Crippen LogP contribution is -2.44. The Bertz CT molecular complexity index is 350. The highest BCUT2D eigenvalue weighted by Crippen LogP contribution is 2.19. The van der Waals surface area contributed by atoms with E-state index in [1.54, 1.807) is 11.8 Å². The van der Waals surface area contributed by atoms with Crippen LogP contribution < -0.4 is 10.2 Å². The highest BCUT2D eigenvalue weighted by atomic mass is 35.5. The van der Waals surface area contributed by atoms with Gasteiger partial charge in [0.1, 0.15) is 5.82 Å². The number of nitrogens with zero attached hydrogens (tertiary/aromatic N) is 3. The quantitative estimate of drug-likeness (QED) is 0.673. The number of hydrogen-bond donors (Lipinski definition) is 1. The average molecular weight is 275 g/mol. The standard InChI is InChI=1S/C11H18N4S.ClH/c1-12-9-4-3-7-15(8-9)10-5-6-13-11(14-10)16-2;/h5-6,9,12H,3-4,7-8H2,1-2H3;1H. The van der Waals surface area contributed by atoms with Crippen LogP contribution in [0, 0.1) is 0 Å². The third-order valence-corrected chi connectivity index (χ3v) is 3.52. The molecule has 0 saturated carbocycles. The number of aromatic nitrogens is 2. The van der Waals surface area contributed by atoms with Crippen molar-refractivity contribution in [2.45, 2.75) is 24.0 Å². The predicted octanol–water partition coefficient (Wildman–Crippen LogP) is 1.81. The summed E-state index contributed by atoms with van der Waals surface area (Å²) < 4.78 is 0. The van der Waals surface area contributed by atoms with Crippen LogP contribution in [0.15, 0.2) is 17.4 Å². The van der Waals surface area contributed by atoms with Crippen LogP contribution in [0.4, 0.5) is 5.82 Å². The molecule has 0 aliphatic carbocycles. The molecule has 0 bridgehead atoms. The van der Waals surface area contributed by atoms with Crippen molar-refractivity contribution in [3.05, 3.63) is 12.3 Å². The molecular weight excluding hydrogens is 256 g/mol. The zero-order chi connectivity index (χ0) is 11.4. The van der Waals surface area contributed by atoms with Crippen LogP contribution >= 0.6 is 24.2 Å². The minimum atomic E-state index is 0. The Labute approximate surface area is 113 Å². The van der Waals surface area contributed by atoms with E-state index >= 15 is 0 Å². The van der Waals surface area contributed by atoms with Crippen molar-refractivity contribution in [2.24, 2.45) is 0 Å². The first-order chi connectivity index (χ1) is 7.83. The SMILES string of the molecule is CNC1CCCN(c2ccnc(SC)n2)C1.Cl. The molecule has 2 rings (SSSR count). The second-order valence-corrected chi connectivity index (χ2v) is 4.75. The molecule has 0 aromatic carbocycles. The lowest BCUT2D eigenvalue weighted by molar-refractivity contribution is 0.447. The number of halogens is 1. The van der Waals surface area contributed by atoms with Gasteiger partial charge in [-0.1, -0.05) is 11.8 Å². The van der Waals surface area contributed by atoms with Crippen LogP contribution in [0.2, 0.25) is 0 Å². The van der Waals surface area contributed by atoms with Gasteiger partial charge in [-0.15, -0.1) is 12.4 Å². The molecule has 4 nitrogen and oxygen atoms in total. The van der Waals surface area contributed by atoms with Crippen LogP contribution in [0.5, 0.6) is 0 Å². The molecule has 6 heteroatoms. The van der Waals surface area contributed by atoms with E-state index in [0.29, 0.717) is 6.04 Å². The topological polar surface area (TPSA) is 41.0 Å². The van der Waals surface area contributed by atoms with Crippen LogP contribution in [-0.4, -0.2) is 42.4 Å². The highest BCUT2D eigenvalue weighted by Gasteiger charge is 2.19. The van der Waals surface area contributed by atoms with E-state index < -0.39 is 0 Å². The summed E-state index contributed by atoms with van der Waals surface area (Å²) in [5.74, 6) is 1.05. The first kappa shape index (κ1) is 14.5. The van der Waals surface area contributed by atoms with Crippen LogP contribution in [0.3, 0.4) is 0 Å². The summed E-state index contributed by atoms with van der Waals surface area (Å²) in [6.45, 7) is 2.14. The van der Waals surface area contributed by atoms with Crippen molar-refractivity contribution in [1.29, 1.82) is 0 Å². The monoisotopic (exact) mass is 274 g/mol. The van der Waals surface area contributed by atoms with E-state index in [4.69, 9.17) is 0 Å². The summed E-state index contributed by atoms with van der Waals surface area (Å²) in [4.78, 5) is 11.1. The van der Waals surface area contributed by atoms with Crippen molar-refractivity contribution in [3.63, 3.8) is 0 Å². The van der Waals surface area contributed by atoms with Gasteiger partial charge in [-0.05, 0) is 32.2 Å². The zero-order valence-corrected chi connectivity index (χ0v) is 11.9. The molecule has 1 saturated heterocycles. The Kier molecular flexibility index (Phi) is 6.02. The van der Waals surface area contributed by atoms with E-state index in [1.165, 1.54) is 12.8 Å². The van der Waals surface area contributed by atoms with E-state index in [0.717, 1.165) is 24.1 Å². The predicted molar refractivity (Wildman–Crippen MR) is 75.4 cm³/mol. The molecule has 1 aromatic rings. The molecule has 17 heavy (non-hydrogen) atoms. The largest absolute Gasteiger partial charge is 0.355 e. The average Bonchev–Trinajstić information content (AvgIpc) is 2.39. The second kappa shape index (κ2) is 7.03. The van der Waals surface area contributed by atoms with Gasteiger partial charge >= 0.3 is 0 Å². The molecule has 1 aromatic heterocycles. The Morgan fingerprint density at radius 3 is 3.06 bits per heavy atom. The van der Waals surface area contributed by atoms with Gasteiger partial charge in [0.15, 0.2) is 5.16 Å². The number of anilines is 1. The van der Waals surface area contributed by atoms with Crippen molar-refractivity contribution >= 4 is 30.0 Å². The number of rotatable bonds is 3. The van der Waals surface area contributed by atoms with Gasteiger partial charge in [-0.3, -0.25) is 0 Å². The summed E-state index contributed by atoms with van der Waals surface area (Å²) in [7, 11) is 2.03. The smallest absolute Gasteiger partial charge is 0.189 e. The Hall–Kier alpha value is -0.520. The normalized spacial score (nSPS) is 19.9. The lowest BCUT2D eigenvalue weighted by Gasteiger charge is -2.33. The Morgan fingerprint density at radius 2 is 2.35 bits per heavy atom. The zero-order valence-electron chi connectivity index (χ0n) is 10.2. The minimum absolute atomic E-state index is 0. The van der Waals surface area contributed by atoms with Crippen molar-refractivity contribution < 1.29 is 0 Å². The summed E-state index contributed by atoms with van der Waals surface area (Å²) in [5, 5.41) is 4.19. The highest BCUT2D eigenvalue weighted by molar-refractivity contribution is 7.98. The number of piperidine rings is 1. The van der Waals surface area contributed by atoms with Crippen LogP contribution in [0.1, 0.15) is 12.8 Å². The molecule has 0 spiro atoms. The molecule has 1 aliphatic heterocycles. The first-order valence-electron chi connectivity index (χ1n) is 5.62. The van der Waals surface area contributed by atoms with Gasteiger partial charge in [0.05, 0.1) is 0 Å². The van der Waals surface area contributed by atoms with E-state index in [1.807, 2.05) is 25.6 Å². The van der Waals surface area contributed by atoms with Crippen LogP contribution in [-0.2, 0) is 0 Å². The molecule has 0 amide bonds. The maximum Gasteiger partial charge on any atom is 0.189 e. The van der Waals surface area contributed by atoms with E-state index in [9.17, 15) is 0 Å². The maximum absolute atomic E-state index is 4.53. The third-order valence-electron chi connectivity index (χ3n) is 2.95. The number of hydrogen-bond acceptors (Lipinski definition) is 5. The first-order valence-corrected chi connectivity index (χ1v) is 6.85. The fraction of sp³-hybridized carbons (Fsp3) is 0.636. The fourth-order valence-corrected chi connectivity index (χ4v) is 2.38. The van der Waals surface area contributed by atoms with Gasteiger partial charge in [-0.2, -0.15) is 0 Å². The molecule has 96 valence electrons. The van der Waals surface area contributed by atoms with Crippen LogP contribution in [0.25, 0.3) is 0 Å². The summed E-state index contributed by atoms with van der Waals surface area (Å²) >= 11 is 1.59. The molecule has 0 radical (unpaired) electrons. The molecule has 2 heterocycles. The van der Waals surface area contributed by atoms with Crippen molar-refractivity contribution in [3.8, 4) is 0 Å². The van der Waals surface area contributed by atoms with Crippen molar-refractivity contribution in [2.75, 3.05) is 31.3 Å². The van der Waals surface area contributed by atoms with Gasteiger partial charge in [0, 0.05) is 25.3 Å². The summed E-state index contributed by atoms with van der Waals surface area (Å²) in [6, 6.07) is 2.58. The molecule has 1 N–H and O–H groups in total. The van der Waals surface area contributed by atoms with Gasteiger partial charge in [-0.25, -0.2) is 9.97 Å². The van der Waals surface area contributed by atoms with E-state index in [2.05, 4.69) is 20.2 Å². The third kappa shape index (κ3) is 3.72. The number of thioether (sulfide) groups is 1. The van der Waals surface area contributed by atoms with Gasteiger partial charge in [0.2, 0.25) is 0 Å². The number of likely N-dealkylation sites (N-methyl/N-ethyl adjacent to an activating group) is 1. The molecule has 1 unspecified atom stereocenters.